The van der Waals surface area contributed by atoms with Crippen LogP contribution in [-0.2, 0) is 18.6 Å². The lowest BCUT2D eigenvalue weighted by atomic mass is 10.8. The molecule has 70 valence electrons. The number of ether oxygens (including phenoxy) is 2. The van der Waals surface area contributed by atoms with Gasteiger partial charge in [0, 0.05) is 0 Å². The highest BCUT2D eigenvalue weighted by Crippen LogP contribution is 2.49. The topological polar surface area (TPSA) is 82.1 Å². The monoisotopic (exact) mass is 196 g/mol. The molecule has 0 saturated carbocycles. The molecule has 0 radical (unpaired) electrons. The molecule has 1 rings (SSSR count). The second-order valence-corrected chi connectivity index (χ2v) is 4.08. The zero-order valence-electron chi connectivity index (χ0n) is 6.43. The van der Waals surface area contributed by atoms with Crippen LogP contribution in [-0.4, -0.2) is 30.1 Å². The van der Waals surface area contributed by atoms with E-state index in [-0.39, 0.29) is 13.2 Å². The van der Waals surface area contributed by atoms with Crippen molar-refractivity contribution in [3.05, 3.63) is 0 Å². The van der Waals surface area contributed by atoms with Gasteiger partial charge in [-0.1, -0.05) is 0 Å². The molecular weight excluding hydrogens is 187 g/mol. The fourth-order valence-corrected chi connectivity index (χ4v) is 1.77. The summed E-state index contributed by atoms with van der Waals surface area (Å²) >= 11 is 0. The number of hydrogen-bond acceptors (Lipinski definition) is 5. The first-order chi connectivity index (χ1) is 5.56. The zero-order chi connectivity index (χ0) is 9.19. The smallest absolute Gasteiger partial charge is 0.430 e. The molecule has 1 fully saturated rings. The lowest BCUT2D eigenvalue weighted by molar-refractivity contribution is 0.122. The Kier molecular flexibility index (Phi) is 2.72. The van der Waals surface area contributed by atoms with Crippen molar-refractivity contribution in [3.8, 4) is 0 Å². The Balaban J connectivity index is 2.57. The van der Waals surface area contributed by atoms with E-state index in [4.69, 9.17) is 4.89 Å². The molecule has 6 nitrogen and oxygen atoms in total. The summed E-state index contributed by atoms with van der Waals surface area (Å²) in [7, 11) is -3.85. The molecule has 0 bridgehead atoms. The van der Waals surface area contributed by atoms with E-state index in [0.29, 0.717) is 0 Å². The Morgan fingerprint density at radius 3 is 2.92 bits per heavy atom. The molecule has 0 aromatic rings. The van der Waals surface area contributed by atoms with Gasteiger partial charge in [0.25, 0.3) is 0 Å². The Morgan fingerprint density at radius 2 is 2.50 bits per heavy atom. The molecule has 2 atom stereocenters. The van der Waals surface area contributed by atoms with E-state index in [9.17, 15) is 9.36 Å². The molecule has 0 amide bonds. The maximum absolute atomic E-state index is 11.1. The Bertz CT molecular complexity index is 226. The summed E-state index contributed by atoms with van der Waals surface area (Å²) in [4.78, 5) is 19.5. The van der Waals surface area contributed by atoms with Gasteiger partial charge in [0.2, 0.25) is 5.85 Å². The summed E-state index contributed by atoms with van der Waals surface area (Å²) in [5.74, 6) is -1.18. The van der Waals surface area contributed by atoms with Crippen LogP contribution in [0.2, 0.25) is 0 Å². The van der Waals surface area contributed by atoms with Crippen LogP contribution >= 0.6 is 7.60 Å². The van der Waals surface area contributed by atoms with Gasteiger partial charge in [0.15, 0.2) is 0 Å². The molecule has 2 unspecified atom stereocenters. The third kappa shape index (κ3) is 1.97. The van der Waals surface area contributed by atoms with Crippen molar-refractivity contribution in [2.24, 2.45) is 0 Å². The zero-order valence-corrected chi connectivity index (χ0v) is 7.32. The number of cyclic esters (lactones) is 2. The van der Waals surface area contributed by atoms with Gasteiger partial charge in [0.05, 0.1) is 6.61 Å². The number of rotatable bonds is 3. The van der Waals surface area contributed by atoms with E-state index in [1.165, 1.54) is 0 Å². The van der Waals surface area contributed by atoms with E-state index in [0.717, 1.165) is 0 Å². The van der Waals surface area contributed by atoms with Crippen LogP contribution in [0.25, 0.3) is 0 Å². The summed E-state index contributed by atoms with van der Waals surface area (Å²) in [6.45, 7) is 1.43. The second-order valence-electron chi connectivity index (χ2n) is 2.12. The third-order valence-corrected chi connectivity index (χ3v) is 2.86. The van der Waals surface area contributed by atoms with Crippen molar-refractivity contribution in [1.29, 1.82) is 0 Å². The quantitative estimate of drug-likeness (QED) is 0.528. The standard InChI is InChI=1S/C5H9O6P/c1-2-10-12(7,8)4-3-9-5(6)11-4/h4H,2-3H2,1H3,(H,7,8). The molecule has 0 aromatic heterocycles. The normalized spacial score (nSPS) is 27.5. The summed E-state index contributed by atoms with van der Waals surface area (Å²) in [5, 5.41) is 0. The van der Waals surface area contributed by atoms with Crippen molar-refractivity contribution in [2.45, 2.75) is 12.8 Å². The van der Waals surface area contributed by atoms with Crippen molar-refractivity contribution >= 4 is 13.8 Å². The highest BCUT2D eigenvalue weighted by molar-refractivity contribution is 7.53. The van der Waals surface area contributed by atoms with Gasteiger partial charge in [-0.05, 0) is 6.92 Å². The van der Waals surface area contributed by atoms with E-state index in [2.05, 4.69) is 14.0 Å². The first kappa shape index (κ1) is 9.51. The molecule has 7 heteroatoms. The van der Waals surface area contributed by atoms with Crippen LogP contribution in [0.5, 0.6) is 0 Å². The molecule has 1 heterocycles. The maximum atomic E-state index is 11.1. The molecule has 1 N–H and O–H groups in total. The van der Waals surface area contributed by atoms with Crippen molar-refractivity contribution < 1.29 is 28.3 Å². The van der Waals surface area contributed by atoms with E-state index in [1.54, 1.807) is 6.92 Å². The van der Waals surface area contributed by atoms with Gasteiger partial charge >= 0.3 is 13.8 Å². The van der Waals surface area contributed by atoms with E-state index < -0.39 is 19.6 Å². The number of carbonyl (C=O) groups is 1. The first-order valence-corrected chi connectivity index (χ1v) is 5.01. The summed E-state index contributed by atoms with van der Waals surface area (Å²) in [6.07, 6.45) is -0.936. The molecule has 0 aromatic carbocycles. The van der Waals surface area contributed by atoms with Gasteiger partial charge in [0.1, 0.15) is 6.61 Å². The molecule has 0 aliphatic carbocycles. The lowest BCUT2D eigenvalue weighted by Crippen LogP contribution is -2.12. The van der Waals surface area contributed by atoms with Crippen molar-refractivity contribution in [3.63, 3.8) is 0 Å². The Morgan fingerprint density at radius 1 is 1.83 bits per heavy atom. The fourth-order valence-electron chi connectivity index (χ4n) is 0.747. The average molecular weight is 196 g/mol. The van der Waals surface area contributed by atoms with Crippen LogP contribution < -0.4 is 0 Å². The highest BCUT2D eigenvalue weighted by Gasteiger charge is 2.41. The molecule has 1 aliphatic rings. The van der Waals surface area contributed by atoms with Gasteiger partial charge in [-0.25, -0.2) is 4.79 Å². The minimum absolute atomic E-state index is 0.0851. The molecular formula is C5H9O6P. The lowest BCUT2D eigenvalue weighted by Gasteiger charge is -2.13. The van der Waals surface area contributed by atoms with Gasteiger partial charge in [-0.3, -0.25) is 4.57 Å². The van der Waals surface area contributed by atoms with Gasteiger partial charge in [-0.15, -0.1) is 0 Å². The van der Waals surface area contributed by atoms with Crippen LogP contribution in [0.3, 0.4) is 0 Å². The average Bonchev–Trinajstić information content (AvgIpc) is 2.36. The maximum Gasteiger partial charge on any atom is 0.509 e. The number of carbonyl (C=O) groups excluding carboxylic acids is 1. The van der Waals surface area contributed by atoms with Crippen molar-refractivity contribution in [2.75, 3.05) is 13.2 Å². The summed E-state index contributed by atoms with van der Waals surface area (Å²) < 4.78 is 24.4. The highest BCUT2D eigenvalue weighted by atomic mass is 31.2. The predicted octanol–water partition coefficient (Wildman–Crippen LogP) is 0.701. The Labute approximate surface area is 69.0 Å². The Hall–Kier alpha value is -0.580. The van der Waals surface area contributed by atoms with Crippen LogP contribution in [0.15, 0.2) is 0 Å². The van der Waals surface area contributed by atoms with E-state index >= 15 is 0 Å². The van der Waals surface area contributed by atoms with Crippen LogP contribution in [0.1, 0.15) is 6.92 Å². The minimum Gasteiger partial charge on any atom is -0.430 e. The predicted molar refractivity (Wildman–Crippen MR) is 37.7 cm³/mol. The van der Waals surface area contributed by atoms with E-state index in [1.807, 2.05) is 0 Å². The molecule has 12 heavy (non-hydrogen) atoms. The minimum atomic E-state index is -3.85. The number of hydrogen-bond donors (Lipinski definition) is 1. The van der Waals surface area contributed by atoms with Crippen LogP contribution in [0, 0.1) is 0 Å². The largest absolute Gasteiger partial charge is 0.509 e. The van der Waals surface area contributed by atoms with Crippen LogP contribution in [0.4, 0.5) is 4.79 Å². The molecule has 1 aliphatic heterocycles. The van der Waals surface area contributed by atoms with Crippen molar-refractivity contribution in [1.82, 2.24) is 0 Å². The van der Waals surface area contributed by atoms with Gasteiger partial charge in [-0.2, -0.15) is 0 Å². The summed E-state index contributed by atoms with van der Waals surface area (Å²) in [5.41, 5.74) is 0. The second kappa shape index (κ2) is 3.43. The molecule has 1 saturated heterocycles. The fraction of sp³-hybridized carbons (Fsp3) is 0.800. The first-order valence-electron chi connectivity index (χ1n) is 3.36. The SMILES string of the molecule is CCOP(=O)(O)C1COC(=O)O1. The molecule has 0 spiro atoms. The van der Waals surface area contributed by atoms with Gasteiger partial charge < -0.3 is 18.9 Å². The third-order valence-electron chi connectivity index (χ3n) is 1.25. The summed E-state index contributed by atoms with van der Waals surface area (Å²) in [6, 6.07) is 0.